The lowest BCUT2D eigenvalue weighted by atomic mass is 10.2. The molecule has 21 heavy (non-hydrogen) atoms. The van der Waals surface area contributed by atoms with E-state index in [0.29, 0.717) is 37.0 Å². The average molecular weight is 306 g/mol. The third kappa shape index (κ3) is 7.69. The second-order valence-corrected chi connectivity index (χ2v) is 4.52. The van der Waals surface area contributed by atoms with Crippen LogP contribution in [0, 0.1) is 0 Å². The zero-order chi connectivity index (χ0) is 15.7. The van der Waals surface area contributed by atoms with Crippen molar-refractivity contribution in [3.8, 4) is 0 Å². The quantitative estimate of drug-likeness (QED) is 0.686. The van der Waals surface area contributed by atoms with Gasteiger partial charge in [-0.25, -0.2) is 9.97 Å². The van der Waals surface area contributed by atoms with Crippen LogP contribution in [0.1, 0.15) is 32.0 Å². The molecule has 1 aromatic rings. The standard InChI is InChI=1S/C13H21F3N4O/c1-3-17-10-8-11(20-12(19-10)9-21-2)18-7-5-4-6-13(14,15)16/h8H,3-7,9H2,1-2H3,(H2,17,18,19,20). The third-order valence-electron chi connectivity index (χ3n) is 2.60. The van der Waals surface area contributed by atoms with Gasteiger partial charge < -0.3 is 15.4 Å². The monoisotopic (exact) mass is 306 g/mol. The molecule has 5 nitrogen and oxygen atoms in total. The predicted octanol–water partition coefficient (Wildman–Crippen LogP) is 3.20. The summed E-state index contributed by atoms with van der Waals surface area (Å²) in [5.74, 6) is 1.77. The lowest BCUT2D eigenvalue weighted by Crippen LogP contribution is -2.11. The summed E-state index contributed by atoms with van der Waals surface area (Å²) in [6, 6.07) is 1.73. The zero-order valence-corrected chi connectivity index (χ0v) is 12.3. The molecule has 1 rings (SSSR count). The van der Waals surface area contributed by atoms with Crippen molar-refractivity contribution in [2.45, 2.75) is 39.0 Å². The molecule has 0 aromatic carbocycles. The maximum absolute atomic E-state index is 12.0. The predicted molar refractivity (Wildman–Crippen MR) is 75.3 cm³/mol. The van der Waals surface area contributed by atoms with Crippen molar-refractivity contribution in [1.29, 1.82) is 0 Å². The number of unbranched alkanes of at least 4 members (excludes halogenated alkanes) is 1. The van der Waals surface area contributed by atoms with Gasteiger partial charge in [0.05, 0.1) is 0 Å². The fraction of sp³-hybridized carbons (Fsp3) is 0.692. The maximum Gasteiger partial charge on any atom is 0.389 e. The van der Waals surface area contributed by atoms with E-state index >= 15 is 0 Å². The highest BCUT2D eigenvalue weighted by atomic mass is 19.4. The molecule has 0 radical (unpaired) electrons. The van der Waals surface area contributed by atoms with Crippen molar-refractivity contribution in [1.82, 2.24) is 9.97 Å². The van der Waals surface area contributed by atoms with Crippen LogP contribution in [0.5, 0.6) is 0 Å². The van der Waals surface area contributed by atoms with Gasteiger partial charge in [0.1, 0.15) is 18.2 Å². The van der Waals surface area contributed by atoms with Gasteiger partial charge in [-0.05, 0) is 19.8 Å². The molecule has 0 saturated carbocycles. The first-order chi connectivity index (χ1) is 9.94. The highest BCUT2D eigenvalue weighted by molar-refractivity contribution is 5.47. The van der Waals surface area contributed by atoms with E-state index in [4.69, 9.17) is 4.74 Å². The SMILES string of the molecule is CCNc1cc(NCCCCC(F)(F)F)nc(COC)n1. The highest BCUT2D eigenvalue weighted by Gasteiger charge is 2.25. The molecule has 0 amide bonds. The van der Waals surface area contributed by atoms with E-state index in [2.05, 4.69) is 20.6 Å². The van der Waals surface area contributed by atoms with Crippen LogP contribution in [0.3, 0.4) is 0 Å². The summed E-state index contributed by atoms with van der Waals surface area (Å²) in [6.45, 7) is 3.38. The molecule has 0 saturated heterocycles. The van der Waals surface area contributed by atoms with Crippen molar-refractivity contribution >= 4 is 11.6 Å². The van der Waals surface area contributed by atoms with Gasteiger partial charge >= 0.3 is 6.18 Å². The average Bonchev–Trinajstić information content (AvgIpc) is 2.37. The molecule has 2 N–H and O–H groups in total. The molecular weight excluding hydrogens is 285 g/mol. The molecule has 0 aliphatic carbocycles. The van der Waals surface area contributed by atoms with Crippen LogP contribution in [-0.4, -0.2) is 36.3 Å². The van der Waals surface area contributed by atoms with Gasteiger partial charge in [-0.1, -0.05) is 0 Å². The zero-order valence-electron chi connectivity index (χ0n) is 12.3. The Labute approximate surface area is 122 Å². The minimum absolute atomic E-state index is 0.104. The van der Waals surface area contributed by atoms with Gasteiger partial charge in [0.25, 0.3) is 0 Å². The van der Waals surface area contributed by atoms with Crippen LogP contribution >= 0.6 is 0 Å². The van der Waals surface area contributed by atoms with E-state index in [-0.39, 0.29) is 13.0 Å². The van der Waals surface area contributed by atoms with Crippen LogP contribution in [0.4, 0.5) is 24.8 Å². The van der Waals surface area contributed by atoms with Gasteiger partial charge in [-0.2, -0.15) is 13.2 Å². The van der Waals surface area contributed by atoms with Crippen LogP contribution in [-0.2, 0) is 11.3 Å². The molecule has 0 spiro atoms. The summed E-state index contributed by atoms with van der Waals surface area (Å²) in [5, 5.41) is 6.09. The summed E-state index contributed by atoms with van der Waals surface area (Å²) in [4.78, 5) is 8.50. The minimum atomic E-state index is -4.08. The Bertz CT molecular complexity index is 402. The molecule has 0 aliphatic heterocycles. The van der Waals surface area contributed by atoms with Gasteiger partial charge in [-0.3, -0.25) is 0 Å². The van der Waals surface area contributed by atoms with Crippen molar-refractivity contribution in [2.75, 3.05) is 30.8 Å². The van der Waals surface area contributed by atoms with Crippen LogP contribution in [0.2, 0.25) is 0 Å². The first-order valence-corrected chi connectivity index (χ1v) is 6.86. The minimum Gasteiger partial charge on any atom is -0.377 e. The molecule has 120 valence electrons. The van der Waals surface area contributed by atoms with E-state index in [0.717, 1.165) is 0 Å². The largest absolute Gasteiger partial charge is 0.389 e. The first-order valence-electron chi connectivity index (χ1n) is 6.86. The smallest absolute Gasteiger partial charge is 0.377 e. The summed E-state index contributed by atoms with van der Waals surface area (Å²) in [5.41, 5.74) is 0. The van der Waals surface area contributed by atoms with Crippen LogP contribution in [0.15, 0.2) is 6.07 Å². The maximum atomic E-state index is 12.0. The second-order valence-electron chi connectivity index (χ2n) is 4.52. The fourth-order valence-corrected chi connectivity index (χ4v) is 1.72. The highest BCUT2D eigenvalue weighted by Crippen LogP contribution is 2.22. The number of hydrogen-bond acceptors (Lipinski definition) is 5. The molecule has 1 aromatic heterocycles. The molecular formula is C13H21F3N4O. The van der Waals surface area contributed by atoms with Gasteiger partial charge in [0.2, 0.25) is 0 Å². The molecule has 0 bridgehead atoms. The lowest BCUT2D eigenvalue weighted by molar-refractivity contribution is -0.135. The molecule has 0 fully saturated rings. The molecule has 0 aliphatic rings. The van der Waals surface area contributed by atoms with Crippen LogP contribution < -0.4 is 10.6 Å². The number of ether oxygens (including phenoxy) is 1. The Balaban J connectivity index is 2.49. The van der Waals surface area contributed by atoms with E-state index < -0.39 is 12.6 Å². The topological polar surface area (TPSA) is 59.1 Å². The van der Waals surface area contributed by atoms with Crippen molar-refractivity contribution in [2.24, 2.45) is 0 Å². The normalized spacial score (nSPS) is 11.5. The number of nitrogens with one attached hydrogen (secondary N) is 2. The third-order valence-corrected chi connectivity index (χ3v) is 2.60. The van der Waals surface area contributed by atoms with Crippen molar-refractivity contribution in [3.63, 3.8) is 0 Å². The Kier molecular flexibility index (Phi) is 7.21. The van der Waals surface area contributed by atoms with E-state index in [9.17, 15) is 13.2 Å². The van der Waals surface area contributed by atoms with Gasteiger partial charge in [0.15, 0.2) is 5.82 Å². The molecule has 0 atom stereocenters. The van der Waals surface area contributed by atoms with Crippen molar-refractivity contribution < 1.29 is 17.9 Å². The van der Waals surface area contributed by atoms with Gasteiger partial charge in [0, 0.05) is 32.7 Å². The number of hydrogen-bond donors (Lipinski definition) is 2. The van der Waals surface area contributed by atoms with E-state index in [1.807, 2.05) is 6.92 Å². The number of halogens is 3. The fourth-order valence-electron chi connectivity index (χ4n) is 1.72. The van der Waals surface area contributed by atoms with Crippen LogP contribution in [0.25, 0.3) is 0 Å². The molecule has 0 unspecified atom stereocenters. The second kappa shape index (κ2) is 8.66. The Morgan fingerprint density at radius 3 is 2.38 bits per heavy atom. The number of aromatic nitrogens is 2. The number of nitrogens with zero attached hydrogens (tertiary/aromatic N) is 2. The number of anilines is 2. The summed E-state index contributed by atoms with van der Waals surface area (Å²) < 4.78 is 41.0. The summed E-state index contributed by atoms with van der Waals surface area (Å²) >= 11 is 0. The van der Waals surface area contributed by atoms with Crippen molar-refractivity contribution in [3.05, 3.63) is 11.9 Å². The van der Waals surface area contributed by atoms with E-state index in [1.165, 1.54) is 0 Å². The Morgan fingerprint density at radius 1 is 1.14 bits per heavy atom. The first kappa shape index (κ1) is 17.5. The molecule has 1 heterocycles. The number of rotatable bonds is 9. The molecule has 8 heteroatoms. The summed E-state index contributed by atoms with van der Waals surface area (Å²) in [6.07, 6.45) is -4.30. The number of methoxy groups -OCH3 is 1. The summed E-state index contributed by atoms with van der Waals surface area (Å²) in [7, 11) is 1.55. The lowest BCUT2D eigenvalue weighted by Gasteiger charge is -2.11. The van der Waals surface area contributed by atoms with Gasteiger partial charge in [-0.15, -0.1) is 0 Å². The number of alkyl halides is 3. The van der Waals surface area contributed by atoms with E-state index in [1.54, 1.807) is 13.2 Å². The Morgan fingerprint density at radius 2 is 1.81 bits per heavy atom. The Hall–Kier alpha value is -1.57.